The van der Waals surface area contributed by atoms with Crippen LogP contribution in [0.25, 0.3) is 120 Å². The van der Waals surface area contributed by atoms with Gasteiger partial charge in [0.05, 0.1) is 16.7 Å². The van der Waals surface area contributed by atoms with Crippen molar-refractivity contribution >= 4 is 86.4 Å². The molecule has 248 valence electrons. The van der Waals surface area contributed by atoms with E-state index in [9.17, 15) is 0 Å². The Labute approximate surface area is 310 Å². The Morgan fingerprint density at radius 3 is 1.33 bits per heavy atom. The van der Waals surface area contributed by atoms with Gasteiger partial charge in [-0.25, -0.2) is 4.98 Å². The van der Waals surface area contributed by atoms with Gasteiger partial charge < -0.3 is 0 Å². The Balaban J connectivity index is 0.988. The van der Waals surface area contributed by atoms with Gasteiger partial charge in [0.2, 0.25) is 0 Å². The highest BCUT2D eigenvalue weighted by Gasteiger charge is 2.16. The molecule has 0 saturated carbocycles. The summed E-state index contributed by atoms with van der Waals surface area (Å²) in [5.74, 6) is 0. The molecule has 0 spiro atoms. The molecule has 2 heteroatoms. The van der Waals surface area contributed by atoms with Gasteiger partial charge in [-0.3, -0.25) is 4.98 Å². The second-order valence-corrected chi connectivity index (χ2v) is 14.5. The third-order valence-corrected chi connectivity index (χ3v) is 11.6. The lowest BCUT2D eigenvalue weighted by Gasteiger charge is -2.17. The molecule has 10 aromatic carbocycles. The Morgan fingerprint density at radius 1 is 0.278 bits per heavy atom. The van der Waals surface area contributed by atoms with Crippen LogP contribution in [0.5, 0.6) is 0 Å². The molecule has 0 saturated heterocycles. The standard InChI is InChI=1S/C52H30N2/c1-5-35-20-21-36-7-3-11-44-45-30-41(29-40-25-22-37-6-2-10-43(48(37)50(40)45)42(9-1)47(35)49(36)44)33-14-12-31(13-15-33)32-16-18-34(19-17-32)46-27-26-39-24-23-38-8-4-28-53-51(38)52(39)54-46/h1-30H. The molecule has 0 atom stereocenters. The Bertz CT molecular complexity index is 3470. The largest absolute Gasteiger partial charge is 0.254 e. The maximum Gasteiger partial charge on any atom is 0.0972 e. The highest BCUT2D eigenvalue weighted by Crippen LogP contribution is 2.44. The fourth-order valence-corrected chi connectivity index (χ4v) is 9.02. The van der Waals surface area contributed by atoms with E-state index >= 15 is 0 Å². The fourth-order valence-electron chi connectivity index (χ4n) is 9.02. The van der Waals surface area contributed by atoms with Gasteiger partial charge in [-0.15, -0.1) is 0 Å². The van der Waals surface area contributed by atoms with Crippen LogP contribution in [0.15, 0.2) is 182 Å². The number of aromatic nitrogens is 2. The molecule has 54 heavy (non-hydrogen) atoms. The van der Waals surface area contributed by atoms with Gasteiger partial charge in [0.25, 0.3) is 0 Å². The van der Waals surface area contributed by atoms with E-state index < -0.39 is 0 Å². The number of fused-ring (bicyclic) bond motifs is 5. The van der Waals surface area contributed by atoms with Crippen LogP contribution in [0.4, 0.5) is 0 Å². The molecule has 0 aliphatic heterocycles. The van der Waals surface area contributed by atoms with Crippen molar-refractivity contribution in [1.29, 1.82) is 0 Å². The van der Waals surface area contributed by atoms with Crippen molar-refractivity contribution in [1.82, 2.24) is 9.97 Å². The first kappa shape index (κ1) is 29.4. The van der Waals surface area contributed by atoms with Crippen LogP contribution in [0.2, 0.25) is 0 Å². The van der Waals surface area contributed by atoms with Crippen LogP contribution >= 0.6 is 0 Å². The van der Waals surface area contributed by atoms with Crippen molar-refractivity contribution in [3.05, 3.63) is 182 Å². The predicted octanol–water partition coefficient (Wildman–Crippen LogP) is 14.1. The van der Waals surface area contributed by atoms with Gasteiger partial charge in [0.15, 0.2) is 0 Å². The van der Waals surface area contributed by atoms with Gasteiger partial charge in [-0.1, -0.05) is 152 Å². The summed E-state index contributed by atoms with van der Waals surface area (Å²) in [6.07, 6.45) is 1.84. The molecular formula is C52H30N2. The minimum Gasteiger partial charge on any atom is -0.254 e. The molecule has 2 nitrogen and oxygen atoms in total. The quantitative estimate of drug-likeness (QED) is 0.173. The molecule has 12 aromatic rings. The summed E-state index contributed by atoms with van der Waals surface area (Å²) < 4.78 is 0. The van der Waals surface area contributed by atoms with E-state index in [4.69, 9.17) is 4.98 Å². The summed E-state index contributed by atoms with van der Waals surface area (Å²) >= 11 is 0. The van der Waals surface area contributed by atoms with Crippen molar-refractivity contribution in [2.75, 3.05) is 0 Å². The normalized spacial score (nSPS) is 12.1. The average molecular weight is 683 g/mol. The third-order valence-electron chi connectivity index (χ3n) is 11.6. The highest BCUT2D eigenvalue weighted by atomic mass is 14.7. The minimum absolute atomic E-state index is 0.937. The van der Waals surface area contributed by atoms with Crippen molar-refractivity contribution in [2.24, 2.45) is 0 Å². The summed E-state index contributed by atoms with van der Waals surface area (Å²) in [4.78, 5) is 9.70. The number of pyridine rings is 2. The average Bonchev–Trinajstić information content (AvgIpc) is 3.24. The molecule has 0 radical (unpaired) electrons. The first-order chi connectivity index (χ1) is 26.7. The number of nitrogens with zero attached hydrogens (tertiary/aromatic N) is 2. The Morgan fingerprint density at radius 2 is 0.722 bits per heavy atom. The predicted molar refractivity (Wildman–Crippen MR) is 230 cm³/mol. The molecule has 2 aromatic heterocycles. The summed E-state index contributed by atoms with van der Waals surface area (Å²) in [6, 6.07) is 64.6. The van der Waals surface area contributed by atoms with Crippen molar-refractivity contribution in [2.45, 2.75) is 0 Å². The van der Waals surface area contributed by atoms with Crippen LogP contribution in [-0.4, -0.2) is 9.97 Å². The monoisotopic (exact) mass is 682 g/mol. The highest BCUT2D eigenvalue weighted by molar-refractivity contribution is 6.37. The Hall–Kier alpha value is -7.16. The maximum absolute atomic E-state index is 5.06. The molecule has 0 fully saturated rings. The zero-order valence-electron chi connectivity index (χ0n) is 29.2. The topological polar surface area (TPSA) is 25.8 Å². The summed E-state index contributed by atoms with van der Waals surface area (Å²) in [7, 11) is 0. The summed E-state index contributed by atoms with van der Waals surface area (Å²) in [5, 5.41) is 17.8. The fraction of sp³-hybridized carbons (Fsp3) is 0. The molecule has 2 heterocycles. The van der Waals surface area contributed by atoms with Crippen molar-refractivity contribution < 1.29 is 0 Å². The van der Waals surface area contributed by atoms with Crippen molar-refractivity contribution in [3.63, 3.8) is 0 Å². The van der Waals surface area contributed by atoms with E-state index in [1.165, 1.54) is 86.9 Å². The smallest absolute Gasteiger partial charge is 0.0972 e. The second kappa shape index (κ2) is 11.2. The molecule has 0 aliphatic carbocycles. The van der Waals surface area contributed by atoms with Crippen LogP contribution in [0.1, 0.15) is 0 Å². The van der Waals surface area contributed by atoms with Gasteiger partial charge in [0.1, 0.15) is 0 Å². The molecule has 0 amide bonds. The molecule has 0 N–H and O–H groups in total. The molecular weight excluding hydrogens is 653 g/mol. The minimum atomic E-state index is 0.937. The number of hydrogen-bond donors (Lipinski definition) is 0. The maximum atomic E-state index is 5.06. The van der Waals surface area contributed by atoms with Crippen LogP contribution in [0, 0.1) is 0 Å². The zero-order valence-corrected chi connectivity index (χ0v) is 29.2. The first-order valence-corrected chi connectivity index (χ1v) is 18.6. The molecule has 0 unspecified atom stereocenters. The lowest BCUT2D eigenvalue weighted by molar-refractivity contribution is 1.37. The van der Waals surface area contributed by atoms with Gasteiger partial charge in [0, 0.05) is 22.5 Å². The third kappa shape index (κ3) is 4.28. The molecule has 12 rings (SSSR count). The van der Waals surface area contributed by atoms with E-state index in [-0.39, 0.29) is 0 Å². The van der Waals surface area contributed by atoms with Gasteiger partial charge in [-0.2, -0.15) is 0 Å². The lowest BCUT2D eigenvalue weighted by atomic mass is 9.86. The number of benzene rings is 9. The van der Waals surface area contributed by atoms with Crippen LogP contribution in [0.3, 0.4) is 0 Å². The zero-order chi connectivity index (χ0) is 35.3. The first-order valence-electron chi connectivity index (χ1n) is 18.6. The summed E-state index contributed by atoms with van der Waals surface area (Å²) in [5.41, 5.74) is 8.70. The van der Waals surface area contributed by atoms with Crippen molar-refractivity contribution in [3.8, 4) is 33.5 Å². The Kier molecular flexibility index (Phi) is 6.09. The van der Waals surface area contributed by atoms with Gasteiger partial charge in [-0.05, 0) is 111 Å². The number of rotatable bonds is 3. The van der Waals surface area contributed by atoms with E-state index in [0.29, 0.717) is 0 Å². The van der Waals surface area contributed by atoms with Crippen LogP contribution in [-0.2, 0) is 0 Å². The lowest BCUT2D eigenvalue weighted by Crippen LogP contribution is -1.89. The summed E-state index contributed by atoms with van der Waals surface area (Å²) in [6.45, 7) is 0. The molecule has 0 bridgehead atoms. The molecule has 0 aliphatic rings. The van der Waals surface area contributed by atoms with Gasteiger partial charge >= 0.3 is 0 Å². The SMILES string of the molecule is c1cnc2c(c1)ccc1ccc(-c3ccc(-c4ccc(-c5cc6ccc7cccc8c9cccc%10ccc%11cccc(c(c5)c6c78)c%11c%109)cc4)cc3)nc12. The van der Waals surface area contributed by atoms with E-state index in [1.54, 1.807) is 0 Å². The van der Waals surface area contributed by atoms with E-state index in [1.807, 2.05) is 12.3 Å². The van der Waals surface area contributed by atoms with E-state index in [2.05, 4.69) is 175 Å². The van der Waals surface area contributed by atoms with E-state index in [0.717, 1.165) is 33.1 Å². The second-order valence-electron chi connectivity index (χ2n) is 14.5. The van der Waals surface area contributed by atoms with Crippen LogP contribution < -0.4 is 0 Å². The number of hydrogen-bond acceptors (Lipinski definition) is 2.